The van der Waals surface area contributed by atoms with Gasteiger partial charge in [0.25, 0.3) is 0 Å². The first kappa shape index (κ1) is 11.1. The number of aryl methyl sites for hydroxylation is 1. The van der Waals surface area contributed by atoms with Crippen molar-refractivity contribution in [2.75, 3.05) is 6.54 Å². The van der Waals surface area contributed by atoms with Crippen LogP contribution < -0.4 is 5.73 Å². The van der Waals surface area contributed by atoms with E-state index in [-0.39, 0.29) is 0 Å². The molecule has 0 saturated carbocycles. The van der Waals surface area contributed by atoms with E-state index in [1.54, 1.807) is 0 Å². The molecule has 0 aliphatic heterocycles. The zero-order valence-electron chi connectivity index (χ0n) is 9.86. The predicted octanol–water partition coefficient (Wildman–Crippen LogP) is 2.66. The lowest BCUT2D eigenvalue weighted by atomic mass is 10.0. The Morgan fingerprint density at radius 3 is 2.94 bits per heavy atom. The van der Waals surface area contributed by atoms with Crippen LogP contribution in [0, 0.1) is 12.8 Å². The summed E-state index contributed by atoms with van der Waals surface area (Å²) in [5.74, 6) is 1.27. The highest BCUT2D eigenvalue weighted by atomic mass is 16.3. The first-order chi connectivity index (χ1) is 7.72. The van der Waals surface area contributed by atoms with Gasteiger partial charge in [-0.3, -0.25) is 0 Å². The summed E-state index contributed by atoms with van der Waals surface area (Å²) in [6, 6.07) is 6.06. The maximum Gasteiger partial charge on any atom is 0.195 e. The first-order valence-electron chi connectivity index (χ1n) is 5.79. The van der Waals surface area contributed by atoms with E-state index < -0.39 is 0 Å². The molecule has 0 aliphatic carbocycles. The molecule has 1 aromatic heterocycles. The number of nitrogens with zero attached hydrogens (tertiary/aromatic N) is 1. The van der Waals surface area contributed by atoms with Gasteiger partial charge in [-0.05, 0) is 37.1 Å². The van der Waals surface area contributed by atoms with Gasteiger partial charge in [-0.2, -0.15) is 0 Å². The quantitative estimate of drug-likeness (QED) is 0.858. The molecule has 0 spiro atoms. The highest BCUT2D eigenvalue weighted by Gasteiger charge is 2.11. The molecule has 1 aromatic carbocycles. The molecule has 0 bridgehead atoms. The summed E-state index contributed by atoms with van der Waals surface area (Å²) in [5, 5.41) is 0. The van der Waals surface area contributed by atoms with Crippen molar-refractivity contribution < 1.29 is 4.42 Å². The van der Waals surface area contributed by atoms with Crippen LogP contribution >= 0.6 is 0 Å². The summed E-state index contributed by atoms with van der Waals surface area (Å²) in [7, 11) is 0. The fourth-order valence-electron chi connectivity index (χ4n) is 1.81. The molecule has 2 N–H and O–H groups in total. The van der Waals surface area contributed by atoms with Crippen LogP contribution in [0.15, 0.2) is 22.6 Å². The summed E-state index contributed by atoms with van der Waals surface area (Å²) in [6.07, 6.45) is 1.90. The van der Waals surface area contributed by atoms with Crippen LogP contribution in [0.3, 0.4) is 0 Å². The number of rotatable bonds is 4. The molecule has 0 radical (unpaired) electrons. The average Bonchev–Trinajstić information content (AvgIpc) is 2.67. The third-order valence-electron chi connectivity index (χ3n) is 2.96. The average molecular weight is 218 g/mol. The number of hydrogen-bond acceptors (Lipinski definition) is 3. The molecule has 0 fully saturated rings. The Bertz CT molecular complexity index is 472. The number of oxazole rings is 1. The van der Waals surface area contributed by atoms with Crippen molar-refractivity contribution >= 4 is 11.1 Å². The van der Waals surface area contributed by atoms with Crippen molar-refractivity contribution in [2.24, 2.45) is 11.7 Å². The smallest absolute Gasteiger partial charge is 0.195 e. The predicted molar refractivity (Wildman–Crippen MR) is 65.3 cm³/mol. The van der Waals surface area contributed by atoms with Gasteiger partial charge >= 0.3 is 0 Å². The molecule has 0 amide bonds. The number of aromatic nitrogens is 1. The molecular weight excluding hydrogens is 200 g/mol. The van der Waals surface area contributed by atoms with Gasteiger partial charge in [0.05, 0.1) is 0 Å². The van der Waals surface area contributed by atoms with Gasteiger partial charge < -0.3 is 10.2 Å². The third kappa shape index (κ3) is 2.25. The fraction of sp³-hybridized carbons (Fsp3) is 0.462. The zero-order chi connectivity index (χ0) is 11.5. The Balaban J connectivity index is 2.25. The van der Waals surface area contributed by atoms with E-state index >= 15 is 0 Å². The zero-order valence-corrected chi connectivity index (χ0v) is 9.86. The lowest BCUT2D eigenvalue weighted by Crippen LogP contribution is -2.15. The van der Waals surface area contributed by atoms with Gasteiger partial charge in [0.1, 0.15) is 5.52 Å². The van der Waals surface area contributed by atoms with Crippen molar-refractivity contribution in [3.05, 3.63) is 29.7 Å². The van der Waals surface area contributed by atoms with Crippen LogP contribution in [0.25, 0.3) is 11.1 Å². The molecule has 1 unspecified atom stereocenters. The summed E-state index contributed by atoms with van der Waals surface area (Å²) in [6.45, 7) is 4.89. The molecule has 2 rings (SSSR count). The molecule has 2 aromatic rings. The van der Waals surface area contributed by atoms with E-state index in [1.807, 2.05) is 18.2 Å². The van der Waals surface area contributed by atoms with Crippen LogP contribution in [0.5, 0.6) is 0 Å². The van der Waals surface area contributed by atoms with E-state index in [9.17, 15) is 0 Å². The number of fused-ring (bicyclic) bond motifs is 1. The Morgan fingerprint density at radius 1 is 1.44 bits per heavy atom. The van der Waals surface area contributed by atoms with Crippen molar-refractivity contribution in [3.8, 4) is 0 Å². The normalized spacial score (nSPS) is 13.2. The maximum absolute atomic E-state index is 5.69. The highest BCUT2D eigenvalue weighted by molar-refractivity contribution is 5.73. The van der Waals surface area contributed by atoms with Crippen LogP contribution in [0.2, 0.25) is 0 Å². The van der Waals surface area contributed by atoms with E-state index in [4.69, 9.17) is 10.2 Å². The number of nitrogens with two attached hydrogens (primary N) is 1. The maximum atomic E-state index is 5.69. The summed E-state index contributed by atoms with van der Waals surface area (Å²) >= 11 is 0. The number of hydrogen-bond donors (Lipinski definition) is 1. The summed E-state index contributed by atoms with van der Waals surface area (Å²) < 4.78 is 5.69. The van der Waals surface area contributed by atoms with Gasteiger partial charge in [0.15, 0.2) is 11.5 Å². The highest BCUT2D eigenvalue weighted by Crippen LogP contribution is 2.19. The molecule has 1 atom stereocenters. The van der Waals surface area contributed by atoms with Gasteiger partial charge in [-0.1, -0.05) is 19.4 Å². The fourth-order valence-corrected chi connectivity index (χ4v) is 1.81. The van der Waals surface area contributed by atoms with Crippen LogP contribution in [0.1, 0.15) is 24.8 Å². The lowest BCUT2D eigenvalue weighted by Gasteiger charge is -2.07. The van der Waals surface area contributed by atoms with Gasteiger partial charge in [0, 0.05) is 6.42 Å². The number of benzene rings is 1. The van der Waals surface area contributed by atoms with Crippen molar-refractivity contribution in [2.45, 2.75) is 26.7 Å². The Kier molecular flexibility index (Phi) is 3.25. The van der Waals surface area contributed by atoms with Crippen molar-refractivity contribution in [3.63, 3.8) is 0 Å². The van der Waals surface area contributed by atoms with Crippen molar-refractivity contribution in [1.82, 2.24) is 4.98 Å². The lowest BCUT2D eigenvalue weighted by molar-refractivity contribution is 0.438. The summed E-state index contributed by atoms with van der Waals surface area (Å²) in [4.78, 5) is 4.49. The van der Waals surface area contributed by atoms with Crippen LogP contribution in [-0.4, -0.2) is 11.5 Å². The molecule has 3 nitrogen and oxygen atoms in total. The van der Waals surface area contributed by atoms with E-state index in [2.05, 4.69) is 18.8 Å². The monoisotopic (exact) mass is 218 g/mol. The minimum absolute atomic E-state index is 0.467. The molecule has 0 saturated heterocycles. The van der Waals surface area contributed by atoms with Gasteiger partial charge in [-0.25, -0.2) is 4.98 Å². The largest absolute Gasteiger partial charge is 0.441 e. The Labute approximate surface area is 95.7 Å². The second kappa shape index (κ2) is 4.66. The summed E-state index contributed by atoms with van der Waals surface area (Å²) in [5.41, 5.74) is 8.70. The molecule has 0 aliphatic rings. The third-order valence-corrected chi connectivity index (χ3v) is 2.96. The Hall–Kier alpha value is -1.35. The molecule has 3 heteroatoms. The first-order valence-corrected chi connectivity index (χ1v) is 5.79. The van der Waals surface area contributed by atoms with E-state index in [0.29, 0.717) is 12.5 Å². The molecular formula is C13H18N2O. The molecule has 86 valence electrons. The van der Waals surface area contributed by atoms with Crippen LogP contribution in [-0.2, 0) is 6.42 Å². The minimum Gasteiger partial charge on any atom is -0.441 e. The van der Waals surface area contributed by atoms with Crippen LogP contribution in [0.4, 0.5) is 0 Å². The second-order valence-corrected chi connectivity index (χ2v) is 4.29. The van der Waals surface area contributed by atoms with E-state index in [0.717, 1.165) is 29.8 Å². The van der Waals surface area contributed by atoms with Gasteiger partial charge in [-0.15, -0.1) is 0 Å². The molecule has 16 heavy (non-hydrogen) atoms. The van der Waals surface area contributed by atoms with E-state index in [1.165, 1.54) is 5.56 Å². The Morgan fingerprint density at radius 2 is 2.25 bits per heavy atom. The SMILES string of the molecule is CCC(CN)Cc1nc2cc(C)ccc2o1. The minimum atomic E-state index is 0.467. The topological polar surface area (TPSA) is 52.0 Å². The van der Waals surface area contributed by atoms with Crippen molar-refractivity contribution in [1.29, 1.82) is 0 Å². The second-order valence-electron chi connectivity index (χ2n) is 4.29. The molecule has 1 heterocycles. The standard InChI is InChI=1S/C13H18N2O/c1-3-10(8-14)7-13-15-11-6-9(2)4-5-12(11)16-13/h4-6,10H,3,7-8,14H2,1-2H3. The van der Waals surface area contributed by atoms with Gasteiger partial charge in [0.2, 0.25) is 0 Å².